The van der Waals surface area contributed by atoms with E-state index in [-0.39, 0.29) is 22.9 Å². The molecule has 0 aliphatic heterocycles. The monoisotopic (exact) mass is 265 g/mol. The maximum atomic E-state index is 13.7. The van der Waals surface area contributed by atoms with Crippen LogP contribution >= 0.6 is 0 Å². The van der Waals surface area contributed by atoms with Crippen molar-refractivity contribution in [2.45, 2.75) is 0 Å². The summed E-state index contributed by atoms with van der Waals surface area (Å²) in [5, 5.41) is 3.78. The van der Waals surface area contributed by atoms with Gasteiger partial charge < -0.3 is 5.73 Å². The molecule has 2 N–H and O–H groups in total. The topological polar surface area (TPSA) is 69.1 Å². The lowest BCUT2D eigenvalue weighted by molar-refractivity contribution is 0.575. The fourth-order valence-corrected chi connectivity index (χ4v) is 1.74. The van der Waals surface area contributed by atoms with Gasteiger partial charge in [-0.3, -0.25) is 0 Å². The molecule has 0 aromatic carbocycles. The lowest BCUT2D eigenvalue weighted by Crippen LogP contribution is -2.03. The second kappa shape index (κ2) is 3.94. The molecule has 3 heterocycles. The van der Waals surface area contributed by atoms with Crippen LogP contribution in [-0.2, 0) is 0 Å². The van der Waals surface area contributed by atoms with Gasteiger partial charge in [-0.15, -0.1) is 5.10 Å². The largest absolute Gasteiger partial charge is 0.367 e. The van der Waals surface area contributed by atoms with Gasteiger partial charge in [0.2, 0.25) is 5.95 Å². The molecule has 3 rings (SSSR count). The van der Waals surface area contributed by atoms with Crippen molar-refractivity contribution < 1.29 is 13.2 Å². The highest BCUT2D eigenvalue weighted by Gasteiger charge is 2.17. The zero-order valence-corrected chi connectivity index (χ0v) is 9.31. The smallest absolute Gasteiger partial charge is 0.238 e. The van der Waals surface area contributed by atoms with Crippen molar-refractivity contribution in [2.75, 3.05) is 5.73 Å². The van der Waals surface area contributed by atoms with Crippen molar-refractivity contribution >= 4 is 11.5 Å². The predicted octanol–water partition coefficient (Wildman–Crippen LogP) is 1.79. The van der Waals surface area contributed by atoms with Crippen LogP contribution in [0.5, 0.6) is 0 Å². The second-order valence-electron chi connectivity index (χ2n) is 3.77. The molecule has 3 aromatic heterocycles. The van der Waals surface area contributed by atoms with E-state index in [1.165, 1.54) is 6.20 Å². The van der Waals surface area contributed by atoms with Crippen molar-refractivity contribution in [3.8, 4) is 11.4 Å². The third kappa shape index (κ3) is 1.77. The molecule has 19 heavy (non-hydrogen) atoms. The molecule has 0 atom stereocenters. The molecular formula is C11H6F3N5. The Morgan fingerprint density at radius 3 is 2.53 bits per heavy atom. The standard InChI is InChI=1S/C11H6F3N5/c12-5-1-7(14)10(16-3-5)8-2-6(13)9-4-17-11(15)18-19(8)9/h1-4H,(H2,15,18). The van der Waals surface area contributed by atoms with Crippen molar-refractivity contribution in [2.24, 2.45) is 0 Å². The molecule has 0 amide bonds. The first-order valence-corrected chi connectivity index (χ1v) is 5.17. The van der Waals surface area contributed by atoms with Crippen LogP contribution in [0, 0.1) is 17.5 Å². The van der Waals surface area contributed by atoms with E-state index >= 15 is 0 Å². The summed E-state index contributed by atoms with van der Waals surface area (Å²) in [7, 11) is 0. The highest BCUT2D eigenvalue weighted by atomic mass is 19.1. The quantitative estimate of drug-likeness (QED) is 0.728. The first-order chi connectivity index (χ1) is 9.06. The zero-order valence-electron chi connectivity index (χ0n) is 9.31. The lowest BCUT2D eigenvalue weighted by Gasteiger charge is -2.02. The van der Waals surface area contributed by atoms with Crippen LogP contribution in [0.1, 0.15) is 0 Å². The SMILES string of the molecule is Nc1ncc2c(F)cc(-c3ncc(F)cc3F)n2n1. The maximum Gasteiger partial charge on any atom is 0.238 e. The minimum Gasteiger partial charge on any atom is -0.367 e. The molecule has 5 nitrogen and oxygen atoms in total. The Hall–Kier alpha value is -2.64. The summed E-state index contributed by atoms with van der Waals surface area (Å²) < 4.78 is 41.2. The number of rotatable bonds is 1. The van der Waals surface area contributed by atoms with E-state index in [0.29, 0.717) is 6.07 Å². The van der Waals surface area contributed by atoms with Gasteiger partial charge in [0.15, 0.2) is 11.6 Å². The van der Waals surface area contributed by atoms with Gasteiger partial charge in [-0.05, 0) is 0 Å². The molecule has 0 saturated carbocycles. The molecule has 0 unspecified atom stereocenters. The van der Waals surface area contributed by atoms with Crippen LogP contribution in [0.2, 0.25) is 0 Å². The average Bonchev–Trinajstić information content (AvgIpc) is 2.66. The van der Waals surface area contributed by atoms with Crippen molar-refractivity contribution in [1.82, 2.24) is 19.6 Å². The second-order valence-corrected chi connectivity index (χ2v) is 3.77. The normalized spacial score (nSPS) is 11.1. The molecule has 0 saturated heterocycles. The van der Waals surface area contributed by atoms with Gasteiger partial charge in [-0.25, -0.2) is 27.7 Å². The number of nitrogen functional groups attached to an aromatic ring is 1. The van der Waals surface area contributed by atoms with Gasteiger partial charge >= 0.3 is 0 Å². The molecule has 0 bridgehead atoms. The summed E-state index contributed by atoms with van der Waals surface area (Å²) in [6.07, 6.45) is 2.00. The first-order valence-electron chi connectivity index (χ1n) is 5.17. The van der Waals surface area contributed by atoms with Gasteiger partial charge in [-0.2, -0.15) is 0 Å². The Kier molecular flexibility index (Phi) is 2.37. The molecule has 0 aliphatic carbocycles. The van der Waals surface area contributed by atoms with E-state index in [9.17, 15) is 13.2 Å². The van der Waals surface area contributed by atoms with Crippen LogP contribution < -0.4 is 5.73 Å². The van der Waals surface area contributed by atoms with Gasteiger partial charge in [0.05, 0.1) is 18.1 Å². The van der Waals surface area contributed by atoms with Gasteiger partial charge in [-0.1, -0.05) is 0 Å². The summed E-state index contributed by atoms with van der Waals surface area (Å²) in [5.74, 6) is -2.50. The Bertz CT molecular complexity index is 783. The molecule has 3 aromatic rings. The average molecular weight is 265 g/mol. The summed E-state index contributed by atoms with van der Waals surface area (Å²) >= 11 is 0. The number of hydrogen-bond donors (Lipinski definition) is 1. The van der Waals surface area contributed by atoms with E-state index in [4.69, 9.17) is 5.73 Å². The van der Waals surface area contributed by atoms with E-state index in [0.717, 1.165) is 16.8 Å². The summed E-state index contributed by atoms with van der Waals surface area (Å²) in [6.45, 7) is 0. The number of hydrogen-bond acceptors (Lipinski definition) is 4. The van der Waals surface area contributed by atoms with E-state index < -0.39 is 17.5 Å². The van der Waals surface area contributed by atoms with Gasteiger partial charge in [0, 0.05) is 12.1 Å². The van der Waals surface area contributed by atoms with Crippen LogP contribution in [0.3, 0.4) is 0 Å². The van der Waals surface area contributed by atoms with Gasteiger partial charge in [0.25, 0.3) is 0 Å². The maximum absolute atomic E-state index is 13.7. The number of aromatic nitrogens is 4. The molecule has 0 radical (unpaired) electrons. The Balaban J connectivity index is 2.33. The molecule has 96 valence electrons. The van der Waals surface area contributed by atoms with E-state index in [2.05, 4.69) is 15.1 Å². The van der Waals surface area contributed by atoms with E-state index in [1.54, 1.807) is 0 Å². The van der Waals surface area contributed by atoms with Gasteiger partial charge in [0.1, 0.15) is 17.0 Å². The zero-order chi connectivity index (χ0) is 13.6. The minimum absolute atomic E-state index is 0.0229. The van der Waals surface area contributed by atoms with Crippen LogP contribution in [0.15, 0.2) is 24.5 Å². The molecule has 0 spiro atoms. The summed E-state index contributed by atoms with van der Waals surface area (Å²) in [4.78, 5) is 7.25. The van der Waals surface area contributed by atoms with Crippen molar-refractivity contribution in [3.63, 3.8) is 0 Å². The van der Waals surface area contributed by atoms with Crippen LogP contribution in [-0.4, -0.2) is 19.6 Å². The van der Waals surface area contributed by atoms with E-state index in [1.807, 2.05) is 0 Å². The molecule has 0 fully saturated rings. The first kappa shape index (κ1) is 11.5. The van der Waals surface area contributed by atoms with Crippen LogP contribution in [0.4, 0.5) is 19.1 Å². The number of fused-ring (bicyclic) bond motifs is 1. The number of anilines is 1. The van der Waals surface area contributed by atoms with Crippen LogP contribution in [0.25, 0.3) is 16.9 Å². The highest BCUT2D eigenvalue weighted by Crippen LogP contribution is 2.25. The summed E-state index contributed by atoms with van der Waals surface area (Å²) in [5.41, 5.74) is 5.23. The number of halogens is 3. The summed E-state index contributed by atoms with van der Waals surface area (Å²) in [6, 6.07) is 1.69. The number of pyridine rings is 1. The lowest BCUT2D eigenvalue weighted by atomic mass is 10.2. The molecular weight excluding hydrogens is 259 g/mol. The highest BCUT2D eigenvalue weighted by molar-refractivity contribution is 5.64. The third-order valence-electron chi connectivity index (χ3n) is 2.54. The number of nitrogens with zero attached hydrogens (tertiary/aromatic N) is 4. The minimum atomic E-state index is -0.920. The fourth-order valence-electron chi connectivity index (χ4n) is 1.74. The third-order valence-corrected chi connectivity index (χ3v) is 2.54. The Labute approximate surface area is 104 Å². The Morgan fingerprint density at radius 2 is 1.79 bits per heavy atom. The predicted molar refractivity (Wildman–Crippen MR) is 60.5 cm³/mol. The van der Waals surface area contributed by atoms with Crippen molar-refractivity contribution in [3.05, 3.63) is 42.0 Å². The van der Waals surface area contributed by atoms with Crippen molar-refractivity contribution in [1.29, 1.82) is 0 Å². The Morgan fingerprint density at radius 1 is 1.00 bits per heavy atom. The number of nitrogens with two attached hydrogens (primary N) is 1. The molecule has 0 aliphatic rings. The fraction of sp³-hybridized carbons (Fsp3) is 0. The molecule has 8 heteroatoms.